The van der Waals surface area contributed by atoms with Crippen LogP contribution in [0.3, 0.4) is 0 Å². The number of hydrogen-bond donors (Lipinski definition) is 2. The van der Waals surface area contributed by atoms with Gasteiger partial charge in [0, 0.05) is 0 Å². The highest BCUT2D eigenvalue weighted by atomic mass is 14.8. The van der Waals surface area contributed by atoms with Gasteiger partial charge in [-0.05, 0) is 46.5 Å². The van der Waals surface area contributed by atoms with Gasteiger partial charge in [0.1, 0.15) is 0 Å². The van der Waals surface area contributed by atoms with Gasteiger partial charge in [-0.15, -0.1) is 6.58 Å². The Balaban J connectivity index is 0. The van der Waals surface area contributed by atoms with Crippen molar-refractivity contribution in [2.24, 2.45) is 5.73 Å². The molecule has 0 aliphatic rings. The maximum atomic E-state index is 4.50. The van der Waals surface area contributed by atoms with Gasteiger partial charge in [-0.25, -0.2) is 0 Å². The van der Waals surface area contributed by atoms with Gasteiger partial charge >= 0.3 is 0 Å². The van der Waals surface area contributed by atoms with E-state index in [-0.39, 0.29) is 0 Å². The molecule has 0 saturated carbocycles. The van der Waals surface area contributed by atoms with Crippen molar-refractivity contribution in [3.05, 3.63) is 48.0 Å². The zero-order chi connectivity index (χ0) is 12.8. The molecule has 92 valence electrons. The quantitative estimate of drug-likeness (QED) is 0.771. The average Bonchev–Trinajstić information content (AvgIpc) is 2.32. The summed E-state index contributed by atoms with van der Waals surface area (Å²) in [5.74, 6) is 0. The Hall–Kier alpha value is -1.12. The molecule has 0 heterocycles. The van der Waals surface area contributed by atoms with Crippen LogP contribution in [-0.2, 0) is 6.42 Å². The Morgan fingerprint density at radius 1 is 1.25 bits per heavy atom. The molecule has 1 rings (SSSR count). The monoisotopic (exact) mass is 222 g/mol. The Bertz CT molecular complexity index is 239. The van der Waals surface area contributed by atoms with Crippen molar-refractivity contribution in [3.8, 4) is 0 Å². The molecule has 0 aliphatic heterocycles. The normalized spacial score (nSPS) is 8.06. The highest BCUT2D eigenvalue weighted by Crippen LogP contribution is 2.02. The fourth-order valence-corrected chi connectivity index (χ4v) is 1.02. The van der Waals surface area contributed by atoms with Crippen LogP contribution in [-0.4, -0.2) is 20.6 Å². The van der Waals surface area contributed by atoms with Crippen LogP contribution >= 0.6 is 0 Å². The molecule has 16 heavy (non-hydrogen) atoms. The number of benzene rings is 1. The van der Waals surface area contributed by atoms with Gasteiger partial charge < -0.3 is 11.1 Å². The maximum absolute atomic E-state index is 4.50. The third-order valence-corrected chi connectivity index (χ3v) is 1.78. The lowest BCUT2D eigenvalue weighted by Crippen LogP contribution is -2.10. The summed E-state index contributed by atoms with van der Waals surface area (Å²) in [5.41, 5.74) is 7.24. The minimum Gasteiger partial charge on any atom is -0.333 e. The topological polar surface area (TPSA) is 38.0 Å². The van der Waals surface area contributed by atoms with Crippen molar-refractivity contribution >= 4 is 0 Å². The summed E-state index contributed by atoms with van der Waals surface area (Å²) < 4.78 is 0. The lowest BCUT2D eigenvalue weighted by atomic mass is 10.1. The molecule has 1 aromatic carbocycles. The van der Waals surface area contributed by atoms with Crippen molar-refractivity contribution in [3.63, 3.8) is 0 Å². The zero-order valence-electron chi connectivity index (χ0n) is 11.1. The van der Waals surface area contributed by atoms with E-state index < -0.39 is 0 Å². The van der Waals surface area contributed by atoms with Crippen LogP contribution in [0, 0.1) is 6.92 Å². The van der Waals surface area contributed by atoms with Gasteiger partial charge in [0.25, 0.3) is 0 Å². The Morgan fingerprint density at radius 2 is 1.69 bits per heavy atom. The molecule has 0 fully saturated rings. The number of aryl methyl sites for hydroxylation is 1. The van der Waals surface area contributed by atoms with E-state index in [1.54, 1.807) is 6.08 Å². The van der Waals surface area contributed by atoms with E-state index >= 15 is 0 Å². The third-order valence-electron chi connectivity index (χ3n) is 1.78. The Kier molecular flexibility index (Phi) is 15.0. The first-order chi connectivity index (χ1) is 7.74. The van der Waals surface area contributed by atoms with Gasteiger partial charge in [0.15, 0.2) is 0 Å². The van der Waals surface area contributed by atoms with Crippen molar-refractivity contribution in [1.82, 2.24) is 5.32 Å². The first kappa shape index (κ1) is 17.3. The fraction of sp³-hybridized carbons (Fsp3) is 0.429. The number of hydrogen-bond acceptors (Lipinski definition) is 2. The molecule has 0 bridgehead atoms. The molecule has 3 N–H and O–H groups in total. The first-order valence-electron chi connectivity index (χ1n) is 5.59. The van der Waals surface area contributed by atoms with Crippen LogP contribution in [0.5, 0.6) is 0 Å². The third kappa shape index (κ3) is 11.0. The van der Waals surface area contributed by atoms with Gasteiger partial charge in [-0.1, -0.05) is 35.9 Å². The number of allylic oxidation sites excluding steroid dienone is 1. The van der Waals surface area contributed by atoms with Crippen LogP contribution in [0.25, 0.3) is 0 Å². The van der Waals surface area contributed by atoms with E-state index in [1.165, 1.54) is 18.2 Å². The predicted octanol–water partition coefficient (Wildman–Crippen LogP) is 2.52. The summed E-state index contributed by atoms with van der Waals surface area (Å²) in [6, 6.07) is 8.69. The summed E-state index contributed by atoms with van der Waals surface area (Å²) >= 11 is 0. The van der Waals surface area contributed by atoms with Crippen LogP contribution in [0.4, 0.5) is 0 Å². The fourth-order valence-electron chi connectivity index (χ4n) is 1.02. The molecule has 2 heteroatoms. The molecule has 0 amide bonds. The summed E-state index contributed by atoms with van der Waals surface area (Å²) in [6.07, 6.45) is 2.87. The SMILES string of the molecule is C=CC.CN.CNCCc1ccc(C)cc1. The molecule has 1 aromatic rings. The lowest BCUT2D eigenvalue weighted by molar-refractivity contribution is 0.791. The van der Waals surface area contributed by atoms with Crippen LogP contribution in [0.2, 0.25) is 0 Å². The van der Waals surface area contributed by atoms with Crippen molar-refractivity contribution in [1.29, 1.82) is 0 Å². The zero-order valence-corrected chi connectivity index (χ0v) is 11.1. The molecule has 2 nitrogen and oxygen atoms in total. The Morgan fingerprint density at radius 3 is 2.06 bits per heavy atom. The highest BCUT2D eigenvalue weighted by molar-refractivity contribution is 5.21. The van der Waals surface area contributed by atoms with E-state index in [0.29, 0.717) is 0 Å². The maximum Gasteiger partial charge on any atom is -0.00114 e. The van der Waals surface area contributed by atoms with Crippen molar-refractivity contribution < 1.29 is 0 Å². The summed E-state index contributed by atoms with van der Waals surface area (Å²) in [5, 5.41) is 3.13. The molecular formula is C14H26N2. The summed E-state index contributed by atoms with van der Waals surface area (Å²) in [4.78, 5) is 0. The molecule has 0 saturated heterocycles. The first-order valence-corrected chi connectivity index (χ1v) is 5.59. The molecule has 0 unspecified atom stereocenters. The molecule has 0 aromatic heterocycles. The predicted molar refractivity (Wildman–Crippen MR) is 74.8 cm³/mol. The second kappa shape index (κ2) is 13.9. The number of nitrogens with one attached hydrogen (secondary N) is 1. The minimum absolute atomic E-state index is 1.06. The van der Waals surface area contributed by atoms with E-state index in [0.717, 1.165) is 13.0 Å². The highest BCUT2D eigenvalue weighted by Gasteiger charge is 1.89. The van der Waals surface area contributed by atoms with E-state index in [4.69, 9.17) is 0 Å². The van der Waals surface area contributed by atoms with Gasteiger partial charge in [-0.2, -0.15) is 0 Å². The van der Waals surface area contributed by atoms with Gasteiger partial charge in [0.05, 0.1) is 0 Å². The minimum atomic E-state index is 1.06. The second-order valence-corrected chi connectivity index (χ2v) is 3.25. The average molecular weight is 222 g/mol. The second-order valence-electron chi connectivity index (χ2n) is 3.25. The lowest BCUT2D eigenvalue weighted by Gasteiger charge is -2.00. The van der Waals surface area contributed by atoms with Crippen LogP contribution < -0.4 is 11.1 Å². The largest absolute Gasteiger partial charge is 0.333 e. The van der Waals surface area contributed by atoms with Crippen LogP contribution in [0.1, 0.15) is 18.1 Å². The van der Waals surface area contributed by atoms with Gasteiger partial charge in [-0.3, -0.25) is 0 Å². The van der Waals surface area contributed by atoms with Crippen molar-refractivity contribution in [2.45, 2.75) is 20.3 Å². The number of nitrogens with two attached hydrogens (primary N) is 1. The van der Waals surface area contributed by atoms with Crippen molar-refractivity contribution in [2.75, 3.05) is 20.6 Å². The van der Waals surface area contributed by atoms with E-state index in [9.17, 15) is 0 Å². The molecular weight excluding hydrogens is 196 g/mol. The summed E-state index contributed by atoms with van der Waals surface area (Å²) in [6.45, 7) is 8.42. The number of likely N-dealkylation sites (N-methyl/N-ethyl adjacent to an activating group) is 1. The number of rotatable bonds is 3. The molecule has 0 spiro atoms. The van der Waals surface area contributed by atoms with Gasteiger partial charge in [0.2, 0.25) is 0 Å². The smallest absolute Gasteiger partial charge is 0.00114 e. The van der Waals surface area contributed by atoms with E-state index in [1.807, 2.05) is 14.0 Å². The van der Waals surface area contributed by atoms with E-state index in [2.05, 4.69) is 48.8 Å². The Labute approximate surface area is 101 Å². The standard InChI is InChI=1S/C10H15N.C3H6.CH5N/c1-9-3-5-10(6-4-9)7-8-11-2;1-3-2;1-2/h3-6,11H,7-8H2,1-2H3;3H,1H2,2H3;2H2,1H3. The molecule has 0 aliphatic carbocycles. The molecule has 0 radical (unpaired) electrons. The summed E-state index contributed by atoms with van der Waals surface area (Å²) in [7, 11) is 3.48. The molecule has 0 atom stereocenters. The van der Waals surface area contributed by atoms with Crippen LogP contribution in [0.15, 0.2) is 36.9 Å².